The molecule has 1 aliphatic rings. The number of halogens is 2. The van der Waals surface area contributed by atoms with E-state index in [-0.39, 0.29) is 11.3 Å². The Hall–Kier alpha value is -1.84. The van der Waals surface area contributed by atoms with Gasteiger partial charge in [0.05, 0.1) is 5.56 Å². The maximum absolute atomic E-state index is 13.7. The average molecular weight is 278 g/mol. The standard InChI is InChI=1S/C16H20F2N2/c1-2-10-5-3-6-11(16(10)20)9-14(19)15-12(17)7-4-8-13(15)18/h4,7-10H,2-3,5-6,19-20H2,1H3/b14-9-. The van der Waals surface area contributed by atoms with E-state index in [9.17, 15) is 8.78 Å². The van der Waals surface area contributed by atoms with E-state index in [2.05, 4.69) is 6.92 Å². The molecule has 1 aliphatic carbocycles. The van der Waals surface area contributed by atoms with Gasteiger partial charge in [0, 0.05) is 11.4 Å². The molecule has 0 bridgehead atoms. The van der Waals surface area contributed by atoms with Crippen molar-refractivity contribution in [2.75, 3.05) is 0 Å². The van der Waals surface area contributed by atoms with Crippen LogP contribution in [0.5, 0.6) is 0 Å². The maximum atomic E-state index is 13.7. The first kappa shape index (κ1) is 14.6. The van der Waals surface area contributed by atoms with Crippen LogP contribution in [0, 0.1) is 17.6 Å². The molecule has 20 heavy (non-hydrogen) atoms. The predicted octanol–water partition coefficient (Wildman–Crippen LogP) is 3.69. The quantitative estimate of drug-likeness (QED) is 0.886. The Kier molecular flexibility index (Phi) is 4.42. The zero-order chi connectivity index (χ0) is 14.7. The van der Waals surface area contributed by atoms with Gasteiger partial charge in [-0.25, -0.2) is 8.78 Å². The Bertz CT molecular complexity index is 541. The molecule has 1 atom stereocenters. The lowest BCUT2D eigenvalue weighted by Gasteiger charge is -2.24. The highest BCUT2D eigenvalue weighted by molar-refractivity contribution is 5.66. The summed E-state index contributed by atoms with van der Waals surface area (Å²) in [5, 5.41) is 0. The number of benzene rings is 1. The van der Waals surface area contributed by atoms with E-state index < -0.39 is 11.6 Å². The third-order valence-corrected chi connectivity index (χ3v) is 3.88. The molecule has 0 spiro atoms. The minimum Gasteiger partial charge on any atom is -0.402 e. The Morgan fingerprint density at radius 2 is 2.00 bits per heavy atom. The number of rotatable bonds is 3. The van der Waals surface area contributed by atoms with Gasteiger partial charge in [0.1, 0.15) is 11.6 Å². The lowest BCUT2D eigenvalue weighted by molar-refractivity contribution is 0.484. The SMILES string of the molecule is CCC1CCCC(/C=C(\N)c2c(F)cccc2F)=C1N. The molecule has 0 saturated heterocycles. The van der Waals surface area contributed by atoms with Crippen LogP contribution in [0.1, 0.15) is 38.2 Å². The number of allylic oxidation sites excluding steroid dienone is 3. The van der Waals surface area contributed by atoms with Crippen molar-refractivity contribution in [2.45, 2.75) is 32.6 Å². The molecular formula is C16H20F2N2. The first-order valence-electron chi connectivity index (χ1n) is 6.94. The monoisotopic (exact) mass is 278 g/mol. The van der Waals surface area contributed by atoms with Crippen molar-refractivity contribution in [1.29, 1.82) is 0 Å². The maximum Gasteiger partial charge on any atom is 0.135 e. The Labute approximate surface area is 118 Å². The van der Waals surface area contributed by atoms with Crippen LogP contribution >= 0.6 is 0 Å². The van der Waals surface area contributed by atoms with Gasteiger partial charge in [-0.2, -0.15) is 0 Å². The van der Waals surface area contributed by atoms with Crippen molar-refractivity contribution in [3.63, 3.8) is 0 Å². The van der Waals surface area contributed by atoms with Gasteiger partial charge in [0.2, 0.25) is 0 Å². The van der Waals surface area contributed by atoms with Gasteiger partial charge in [0.15, 0.2) is 0 Å². The van der Waals surface area contributed by atoms with E-state index in [1.807, 2.05) is 0 Å². The highest BCUT2D eigenvalue weighted by Gasteiger charge is 2.19. The van der Waals surface area contributed by atoms with E-state index in [1.165, 1.54) is 18.2 Å². The summed E-state index contributed by atoms with van der Waals surface area (Å²) in [5.74, 6) is -0.963. The van der Waals surface area contributed by atoms with Crippen LogP contribution in [0.2, 0.25) is 0 Å². The number of hydrogen-bond donors (Lipinski definition) is 2. The molecule has 0 fully saturated rings. The molecule has 2 nitrogen and oxygen atoms in total. The smallest absolute Gasteiger partial charge is 0.135 e. The van der Waals surface area contributed by atoms with Crippen LogP contribution in [-0.4, -0.2) is 0 Å². The van der Waals surface area contributed by atoms with E-state index >= 15 is 0 Å². The van der Waals surface area contributed by atoms with Crippen LogP contribution in [0.25, 0.3) is 5.70 Å². The average Bonchev–Trinajstić information content (AvgIpc) is 2.41. The molecule has 0 heterocycles. The van der Waals surface area contributed by atoms with Gasteiger partial charge < -0.3 is 11.5 Å². The molecule has 4 N–H and O–H groups in total. The van der Waals surface area contributed by atoms with Gasteiger partial charge in [-0.1, -0.05) is 13.0 Å². The second-order valence-electron chi connectivity index (χ2n) is 5.17. The van der Waals surface area contributed by atoms with Crippen LogP contribution in [0.15, 0.2) is 35.5 Å². The zero-order valence-electron chi connectivity index (χ0n) is 11.6. The number of nitrogens with two attached hydrogens (primary N) is 2. The van der Waals surface area contributed by atoms with E-state index in [1.54, 1.807) is 6.08 Å². The molecule has 0 aromatic heterocycles. The lowest BCUT2D eigenvalue weighted by atomic mass is 9.85. The third-order valence-electron chi connectivity index (χ3n) is 3.88. The lowest BCUT2D eigenvalue weighted by Crippen LogP contribution is -2.18. The van der Waals surface area contributed by atoms with Crippen molar-refractivity contribution in [3.8, 4) is 0 Å². The topological polar surface area (TPSA) is 52.0 Å². The van der Waals surface area contributed by atoms with Crippen LogP contribution < -0.4 is 11.5 Å². The molecule has 1 aromatic rings. The first-order valence-corrected chi connectivity index (χ1v) is 6.94. The Morgan fingerprint density at radius 3 is 2.60 bits per heavy atom. The largest absolute Gasteiger partial charge is 0.402 e. The molecule has 2 rings (SSSR count). The predicted molar refractivity (Wildman–Crippen MR) is 77.4 cm³/mol. The second-order valence-corrected chi connectivity index (χ2v) is 5.17. The zero-order valence-corrected chi connectivity index (χ0v) is 11.6. The van der Waals surface area contributed by atoms with Gasteiger partial charge in [0.25, 0.3) is 0 Å². The van der Waals surface area contributed by atoms with Crippen molar-refractivity contribution in [3.05, 3.63) is 52.7 Å². The Morgan fingerprint density at radius 1 is 1.35 bits per heavy atom. The molecule has 0 saturated carbocycles. The highest BCUT2D eigenvalue weighted by atomic mass is 19.1. The van der Waals surface area contributed by atoms with E-state index in [4.69, 9.17) is 11.5 Å². The summed E-state index contributed by atoms with van der Waals surface area (Å²) in [4.78, 5) is 0. The number of hydrogen-bond acceptors (Lipinski definition) is 2. The van der Waals surface area contributed by atoms with Crippen molar-refractivity contribution < 1.29 is 8.78 Å². The summed E-state index contributed by atoms with van der Waals surface area (Å²) in [6.45, 7) is 2.09. The third kappa shape index (κ3) is 2.84. The van der Waals surface area contributed by atoms with Crippen LogP contribution in [0.4, 0.5) is 8.78 Å². The molecule has 1 unspecified atom stereocenters. The van der Waals surface area contributed by atoms with Gasteiger partial charge >= 0.3 is 0 Å². The highest BCUT2D eigenvalue weighted by Crippen LogP contribution is 2.31. The first-order chi connectivity index (χ1) is 9.54. The molecule has 4 heteroatoms. The molecule has 0 radical (unpaired) electrons. The molecule has 0 amide bonds. The van der Waals surface area contributed by atoms with E-state index in [0.717, 1.165) is 37.0 Å². The minimum atomic E-state index is -0.652. The van der Waals surface area contributed by atoms with Gasteiger partial charge in [-0.15, -0.1) is 0 Å². The summed E-state index contributed by atoms with van der Waals surface area (Å²) in [5.41, 5.74) is 13.6. The molecule has 0 aliphatic heterocycles. The normalized spacial score (nSPS) is 20.4. The summed E-state index contributed by atoms with van der Waals surface area (Å²) < 4.78 is 27.4. The fourth-order valence-corrected chi connectivity index (χ4v) is 2.71. The summed E-state index contributed by atoms with van der Waals surface area (Å²) >= 11 is 0. The van der Waals surface area contributed by atoms with Crippen LogP contribution in [-0.2, 0) is 0 Å². The van der Waals surface area contributed by atoms with E-state index in [0.29, 0.717) is 5.92 Å². The van der Waals surface area contributed by atoms with Gasteiger partial charge in [-0.3, -0.25) is 0 Å². The van der Waals surface area contributed by atoms with Gasteiger partial charge in [-0.05, 0) is 55.4 Å². The van der Waals surface area contributed by atoms with Crippen molar-refractivity contribution in [1.82, 2.24) is 0 Å². The van der Waals surface area contributed by atoms with Crippen molar-refractivity contribution in [2.24, 2.45) is 17.4 Å². The van der Waals surface area contributed by atoms with Crippen molar-refractivity contribution >= 4 is 5.70 Å². The Balaban J connectivity index is 2.40. The van der Waals surface area contributed by atoms with Crippen LogP contribution in [0.3, 0.4) is 0 Å². The second kappa shape index (κ2) is 6.07. The summed E-state index contributed by atoms with van der Waals surface area (Å²) in [6.07, 6.45) is 5.49. The summed E-state index contributed by atoms with van der Waals surface area (Å²) in [6, 6.07) is 3.72. The minimum absolute atomic E-state index is 0.0929. The summed E-state index contributed by atoms with van der Waals surface area (Å²) in [7, 11) is 0. The molecule has 108 valence electrons. The molecule has 1 aromatic carbocycles. The molecular weight excluding hydrogens is 258 g/mol. The fraction of sp³-hybridized carbons (Fsp3) is 0.375. The fourth-order valence-electron chi connectivity index (χ4n) is 2.71.